The first-order valence-electron chi connectivity index (χ1n) is 20.9. The van der Waals surface area contributed by atoms with Gasteiger partial charge in [-0.3, -0.25) is 19.6 Å². The van der Waals surface area contributed by atoms with E-state index in [0.29, 0.717) is 18.3 Å². The van der Waals surface area contributed by atoms with Crippen LogP contribution < -0.4 is 10.6 Å². The van der Waals surface area contributed by atoms with E-state index in [2.05, 4.69) is 39.9 Å². The van der Waals surface area contributed by atoms with Crippen LogP contribution in [0.1, 0.15) is 77.4 Å². The van der Waals surface area contributed by atoms with Crippen LogP contribution in [0.25, 0.3) is 39.0 Å². The van der Waals surface area contributed by atoms with Crippen LogP contribution in [-0.4, -0.2) is 104 Å². The third-order valence-electron chi connectivity index (χ3n) is 13.0. The van der Waals surface area contributed by atoms with Crippen molar-refractivity contribution in [3.63, 3.8) is 0 Å². The molecule has 8 atom stereocenters. The number of aromatic nitrogens is 4. The summed E-state index contributed by atoms with van der Waals surface area (Å²) in [6, 6.07) is 13.0. The molecule has 4 aromatic rings. The van der Waals surface area contributed by atoms with Crippen molar-refractivity contribution in [3.8, 4) is 22.4 Å². The zero-order valence-corrected chi connectivity index (χ0v) is 34.7. The van der Waals surface area contributed by atoms with Crippen LogP contribution in [0.15, 0.2) is 66.1 Å². The van der Waals surface area contributed by atoms with E-state index >= 15 is 0 Å². The summed E-state index contributed by atoms with van der Waals surface area (Å²) in [6.07, 6.45) is 8.48. The highest BCUT2D eigenvalue weighted by Crippen LogP contribution is 2.53. The Morgan fingerprint density at radius 1 is 0.717 bits per heavy atom. The number of aliphatic imine (C=N–C) groups is 1. The fourth-order valence-electron chi connectivity index (χ4n) is 9.46. The Labute approximate surface area is 348 Å². The molecule has 2 saturated heterocycles. The minimum Gasteiger partial charge on any atom is -0.453 e. The third-order valence-corrected chi connectivity index (χ3v) is 13.0. The molecule has 5 aliphatic rings. The van der Waals surface area contributed by atoms with Gasteiger partial charge in [-0.2, -0.15) is 0 Å². The second-order valence-electron chi connectivity index (χ2n) is 17.5. The summed E-state index contributed by atoms with van der Waals surface area (Å²) in [5.41, 5.74) is 8.09. The van der Waals surface area contributed by atoms with Gasteiger partial charge >= 0.3 is 12.2 Å². The van der Waals surface area contributed by atoms with E-state index in [1.54, 1.807) is 6.20 Å². The lowest BCUT2D eigenvalue weighted by atomic mass is 9.98. The maximum absolute atomic E-state index is 13.8. The molecule has 0 spiro atoms. The summed E-state index contributed by atoms with van der Waals surface area (Å²) in [5, 5.41) is 5.48. The molecule has 3 N–H and O–H groups in total. The number of hydrogen-bond donors (Lipinski definition) is 3. The van der Waals surface area contributed by atoms with Gasteiger partial charge in [0.25, 0.3) is 0 Å². The van der Waals surface area contributed by atoms with Gasteiger partial charge in [0.2, 0.25) is 11.8 Å². The number of amides is 4. The summed E-state index contributed by atoms with van der Waals surface area (Å²) in [6.45, 7) is 7.68. The summed E-state index contributed by atoms with van der Waals surface area (Å²) >= 11 is 0. The number of likely N-dealkylation sites (tertiary alicyclic amines) is 2. The molecule has 15 heteroatoms. The molecule has 2 aromatic heterocycles. The van der Waals surface area contributed by atoms with Crippen LogP contribution in [0.5, 0.6) is 0 Å². The van der Waals surface area contributed by atoms with E-state index in [9.17, 15) is 19.2 Å². The smallest absolute Gasteiger partial charge is 0.407 e. The molecule has 15 nitrogen and oxygen atoms in total. The quantitative estimate of drug-likeness (QED) is 0.157. The predicted molar refractivity (Wildman–Crippen MR) is 224 cm³/mol. The number of imidazole rings is 1. The number of aromatic amines is 1. The molecule has 0 radical (unpaired) electrons. The Morgan fingerprint density at radius 2 is 1.30 bits per heavy atom. The maximum atomic E-state index is 13.8. The fourth-order valence-corrected chi connectivity index (χ4v) is 9.46. The SMILES string of the molecule is COC(=O)N[C@H](C(=O)N1C(C2=NC=C(c3cnc4cc(-c5ccc(-c6cnc([C@@H]7C[C@H]8C[C@H]8N7C(=O)[C@@H](NC(=O)OC)C(C)C)[nH]6)cc5)ccc4n3)C2)C[C@H]2C[C@H]21)C(C)C. The van der Waals surface area contributed by atoms with E-state index in [1.165, 1.54) is 14.2 Å². The third kappa shape index (κ3) is 7.27. The van der Waals surface area contributed by atoms with Gasteiger partial charge in [0.15, 0.2) is 0 Å². The number of carbonyl (C=O) groups is 4. The number of rotatable bonds is 11. The van der Waals surface area contributed by atoms with Crippen molar-refractivity contribution >= 4 is 46.3 Å². The van der Waals surface area contributed by atoms with Gasteiger partial charge in [0.05, 0.1) is 61.1 Å². The zero-order valence-electron chi connectivity index (χ0n) is 34.7. The Bertz CT molecular complexity index is 2420. The van der Waals surface area contributed by atoms with Crippen LogP contribution in [-0.2, 0) is 19.1 Å². The normalized spacial score (nSPS) is 24.7. The van der Waals surface area contributed by atoms with Gasteiger partial charge < -0.3 is 34.9 Å². The number of ether oxygens (including phenoxy) is 2. The van der Waals surface area contributed by atoms with Crippen LogP contribution in [0.4, 0.5) is 9.59 Å². The lowest BCUT2D eigenvalue weighted by Gasteiger charge is -2.33. The number of allylic oxidation sites excluding steroid dienone is 1. The van der Waals surface area contributed by atoms with Crippen molar-refractivity contribution < 1.29 is 28.7 Å². The van der Waals surface area contributed by atoms with Gasteiger partial charge in [-0.05, 0) is 78.2 Å². The number of nitrogens with zero attached hydrogens (tertiary/aromatic N) is 6. The molecule has 4 fully saturated rings. The number of methoxy groups -OCH3 is 2. The molecule has 9 rings (SSSR count). The van der Waals surface area contributed by atoms with Gasteiger partial charge in [-0.25, -0.2) is 19.6 Å². The standard InChI is InChI=1S/C45H51N9O6/c1-22(2)39(51-44(57)59-5)42(55)53-35-15-27(35)17-37(53)32-14-29(19-46-32)34-20-47-31-13-26(11-12-30(31)49-34)24-7-9-25(10-8-24)33-21-48-41(50-33)38-18-28-16-36(28)54(38)43(56)40(23(3)4)52-45(58)60-6/h7-13,19-23,27-28,35-40H,14-18H2,1-6H3,(H,48,50)(H,51,57)(H,52,58)/t27-,28-,35-,36-,37?,38+,39+,40+/m1/s1. The fraction of sp³-hybridized carbons (Fsp3) is 0.467. The number of benzene rings is 2. The van der Waals surface area contributed by atoms with Gasteiger partial charge in [-0.1, -0.05) is 58.0 Å². The van der Waals surface area contributed by atoms with E-state index in [-0.39, 0.29) is 47.8 Å². The number of alkyl carbamates (subject to hydrolysis) is 2. The second-order valence-corrected chi connectivity index (χ2v) is 17.5. The largest absolute Gasteiger partial charge is 0.453 e. The molecule has 0 bridgehead atoms. The number of H-pyrrole nitrogens is 1. The number of fused-ring (bicyclic) bond motifs is 3. The van der Waals surface area contributed by atoms with Gasteiger partial charge in [0.1, 0.15) is 17.9 Å². The van der Waals surface area contributed by atoms with E-state index in [4.69, 9.17) is 29.4 Å². The van der Waals surface area contributed by atoms with Crippen LogP contribution in [0.3, 0.4) is 0 Å². The maximum Gasteiger partial charge on any atom is 0.407 e. The first-order valence-corrected chi connectivity index (χ1v) is 20.9. The minimum atomic E-state index is -0.682. The summed E-state index contributed by atoms with van der Waals surface area (Å²) in [4.78, 5) is 78.4. The monoisotopic (exact) mass is 813 g/mol. The molecular weight excluding hydrogens is 763 g/mol. The molecule has 312 valence electrons. The van der Waals surface area contributed by atoms with E-state index in [1.807, 2.05) is 68.1 Å². The predicted octanol–water partition coefficient (Wildman–Crippen LogP) is 6.29. The molecule has 2 aliphatic carbocycles. The molecule has 1 unspecified atom stereocenters. The highest BCUT2D eigenvalue weighted by Gasteiger charge is 2.57. The molecule has 2 aromatic carbocycles. The average molecular weight is 814 g/mol. The topological polar surface area (TPSA) is 184 Å². The van der Waals surface area contributed by atoms with E-state index < -0.39 is 24.3 Å². The number of hydrogen-bond acceptors (Lipinski definition) is 10. The molecule has 3 aliphatic heterocycles. The Balaban J connectivity index is 0.854. The highest BCUT2D eigenvalue weighted by molar-refractivity contribution is 6.04. The molecule has 5 heterocycles. The summed E-state index contributed by atoms with van der Waals surface area (Å²) < 4.78 is 9.60. The number of carbonyl (C=O) groups excluding carboxylic acids is 4. The van der Waals surface area contributed by atoms with Gasteiger partial charge in [-0.15, -0.1) is 0 Å². The average Bonchev–Trinajstić information content (AvgIpc) is 3.83. The minimum absolute atomic E-state index is 0.0853. The van der Waals surface area contributed by atoms with Gasteiger partial charge in [0, 0.05) is 36.0 Å². The van der Waals surface area contributed by atoms with Crippen molar-refractivity contribution in [1.29, 1.82) is 0 Å². The molecule has 60 heavy (non-hydrogen) atoms. The van der Waals surface area contributed by atoms with Crippen LogP contribution in [0.2, 0.25) is 0 Å². The van der Waals surface area contributed by atoms with Crippen molar-refractivity contribution in [2.75, 3.05) is 14.2 Å². The zero-order chi connectivity index (χ0) is 42.0. The Kier molecular flexibility index (Phi) is 10.2. The number of piperidine rings is 2. The Morgan fingerprint density at radius 3 is 1.92 bits per heavy atom. The lowest BCUT2D eigenvalue weighted by molar-refractivity contribution is -0.137. The molecular formula is C45H51N9O6. The van der Waals surface area contributed by atoms with Crippen molar-refractivity contribution in [3.05, 3.63) is 72.6 Å². The first-order chi connectivity index (χ1) is 28.9. The van der Waals surface area contributed by atoms with Crippen molar-refractivity contribution in [2.45, 2.75) is 96.1 Å². The first kappa shape index (κ1) is 39.3. The lowest BCUT2D eigenvalue weighted by Crippen LogP contribution is -2.54. The molecule has 4 amide bonds. The van der Waals surface area contributed by atoms with Crippen molar-refractivity contribution in [2.24, 2.45) is 28.7 Å². The summed E-state index contributed by atoms with van der Waals surface area (Å²) in [5.74, 6) is 1.26. The van der Waals surface area contributed by atoms with Crippen LogP contribution >= 0.6 is 0 Å². The Hall–Kier alpha value is -6.12. The second kappa shape index (κ2) is 15.5. The van der Waals surface area contributed by atoms with E-state index in [0.717, 1.165) is 81.9 Å². The van der Waals surface area contributed by atoms with Crippen LogP contribution in [0, 0.1) is 23.7 Å². The highest BCUT2D eigenvalue weighted by atomic mass is 16.5. The number of nitrogens with one attached hydrogen (secondary N) is 3. The molecule has 2 saturated carbocycles. The van der Waals surface area contributed by atoms with Crippen molar-refractivity contribution in [1.82, 2.24) is 40.4 Å². The summed E-state index contributed by atoms with van der Waals surface area (Å²) in [7, 11) is 2.60.